The van der Waals surface area contributed by atoms with Crippen LogP contribution in [0.25, 0.3) is 0 Å². The van der Waals surface area contributed by atoms with Crippen LogP contribution < -0.4 is 10.6 Å². The molecule has 0 aliphatic carbocycles. The number of rotatable bonds is 2. The summed E-state index contributed by atoms with van der Waals surface area (Å²) >= 11 is 2.28. The second-order valence-electron chi connectivity index (χ2n) is 5.00. The van der Waals surface area contributed by atoms with Gasteiger partial charge in [0, 0.05) is 9.26 Å². The molecule has 1 aliphatic rings. The molecule has 0 bridgehead atoms. The van der Waals surface area contributed by atoms with Gasteiger partial charge in [-0.2, -0.15) is 0 Å². The van der Waals surface area contributed by atoms with Crippen molar-refractivity contribution in [3.63, 3.8) is 0 Å². The van der Waals surface area contributed by atoms with Crippen LogP contribution in [0.2, 0.25) is 0 Å². The molecule has 1 aromatic carbocycles. The maximum atomic E-state index is 12.2. The number of amides is 1. The predicted molar refractivity (Wildman–Crippen MR) is 82.7 cm³/mol. The fourth-order valence-electron chi connectivity index (χ4n) is 2.38. The largest absolute Gasteiger partial charge is 0.324 e. The van der Waals surface area contributed by atoms with Gasteiger partial charge in [0.2, 0.25) is 5.91 Å². The van der Waals surface area contributed by atoms with Gasteiger partial charge in [0.25, 0.3) is 0 Å². The lowest BCUT2D eigenvalue weighted by Gasteiger charge is -2.29. The molecule has 0 spiro atoms. The second kappa shape index (κ2) is 6.02. The number of piperidine rings is 1. The summed E-state index contributed by atoms with van der Waals surface area (Å²) in [5, 5.41) is 6.34. The van der Waals surface area contributed by atoms with E-state index in [2.05, 4.69) is 46.2 Å². The summed E-state index contributed by atoms with van der Waals surface area (Å²) in [6.07, 6.45) is 2.28. The average Bonchev–Trinajstić information content (AvgIpc) is 2.33. The molecule has 2 unspecified atom stereocenters. The summed E-state index contributed by atoms with van der Waals surface area (Å²) < 4.78 is 1.19. The van der Waals surface area contributed by atoms with Crippen LogP contribution in [0.4, 0.5) is 5.69 Å². The molecule has 1 heterocycles. The zero-order valence-corrected chi connectivity index (χ0v) is 13.0. The lowest BCUT2D eigenvalue weighted by atomic mass is 9.92. The van der Waals surface area contributed by atoms with E-state index in [1.54, 1.807) is 0 Å². The van der Waals surface area contributed by atoms with E-state index in [1.807, 2.05) is 19.1 Å². The van der Waals surface area contributed by atoms with Crippen molar-refractivity contribution in [1.82, 2.24) is 5.32 Å². The highest BCUT2D eigenvalue weighted by atomic mass is 127. The third-order valence-electron chi connectivity index (χ3n) is 3.50. The Kier molecular flexibility index (Phi) is 4.61. The van der Waals surface area contributed by atoms with Gasteiger partial charge in [-0.05, 0) is 78.6 Å². The number of carbonyl (C=O) groups excluding carboxylic acids is 1. The molecule has 4 heteroatoms. The van der Waals surface area contributed by atoms with Gasteiger partial charge in [0.1, 0.15) is 0 Å². The number of halogens is 1. The first-order valence-electron chi connectivity index (χ1n) is 6.38. The molecule has 3 nitrogen and oxygen atoms in total. The zero-order valence-electron chi connectivity index (χ0n) is 10.8. The second-order valence-corrected chi connectivity index (χ2v) is 6.25. The maximum Gasteiger partial charge on any atom is 0.241 e. The first-order valence-corrected chi connectivity index (χ1v) is 7.46. The highest BCUT2D eigenvalue weighted by molar-refractivity contribution is 14.1. The first-order chi connectivity index (χ1) is 8.58. The van der Waals surface area contributed by atoms with Gasteiger partial charge in [-0.1, -0.05) is 6.92 Å². The number of hydrogen-bond donors (Lipinski definition) is 2. The summed E-state index contributed by atoms with van der Waals surface area (Å²) in [6, 6.07) is 6.01. The Morgan fingerprint density at radius 3 is 2.94 bits per heavy atom. The number of benzene rings is 1. The summed E-state index contributed by atoms with van der Waals surface area (Å²) in [5.41, 5.74) is 2.03. The number of aryl methyl sites for hydroxylation is 1. The Bertz CT molecular complexity index is 447. The van der Waals surface area contributed by atoms with E-state index in [0.717, 1.165) is 30.6 Å². The van der Waals surface area contributed by atoms with Crippen LogP contribution >= 0.6 is 22.6 Å². The Balaban J connectivity index is 2.06. The molecule has 0 saturated carbocycles. The van der Waals surface area contributed by atoms with Gasteiger partial charge in [0.15, 0.2) is 0 Å². The van der Waals surface area contributed by atoms with E-state index >= 15 is 0 Å². The van der Waals surface area contributed by atoms with Gasteiger partial charge < -0.3 is 10.6 Å². The molecule has 1 fully saturated rings. The van der Waals surface area contributed by atoms with E-state index < -0.39 is 0 Å². The molecule has 0 radical (unpaired) electrons. The summed E-state index contributed by atoms with van der Waals surface area (Å²) in [5.74, 6) is 0.495. The van der Waals surface area contributed by atoms with Crippen LogP contribution in [0.15, 0.2) is 18.2 Å². The van der Waals surface area contributed by atoms with Crippen molar-refractivity contribution in [3.8, 4) is 0 Å². The van der Waals surface area contributed by atoms with Crippen LogP contribution in [-0.4, -0.2) is 18.5 Å². The van der Waals surface area contributed by atoms with Crippen LogP contribution in [-0.2, 0) is 4.79 Å². The predicted octanol–water partition coefficient (Wildman–Crippen LogP) is 2.93. The van der Waals surface area contributed by atoms with Crippen molar-refractivity contribution in [2.24, 2.45) is 5.92 Å². The Hall–Kier alpha value is -0.620. The van der Waals surface area contributed by atoms with Crippen LogP contribution in [0, 0.1) is 16.4 Å². The van der Waals surface area contributed by atoms with Crippen LogP contribution in [0.1, 0.15) is 25.3 Å². The van der Waals surface area contributed by atoms with Crippen molar-refractivity contribution in [2.45, 2.75) is 32.7 Å². The van der Waals surface area contributed by atoms with E-state index in [-0.39, 0.29) is 11.9 Å². The van der Waals surface area contributed by atoms with Gasteiger partial charge in [0.05, 0.1) is 6.04 Å². The van der Waals surface area contributed by atoms with Crippen molar-refractivity contribution in [3.05, 3.63) is 27.3 Å². The molecule has 1 saturated heterocycles. The molecule has 0 aromatic heterocycles. The fourth-order valence-corrected chi connectivity index (χ4v) is 3.03. The normalized spacial score (nSPS) is 23.7. The molecule has 98 valence electrons. The molecule has 2 rings (SSSR count). The minimum absolute atomic E-state index is 0.0579. The fraction of sp³-hybridized carbons (Fsp3) is 0.500. The molecule has 1 aliphatic heterocycles. The third kappa shape index (κ3) is 3.23. The summed E-state index contributed by atoms with van der Waals surface area (Å²) in [7, 11) is 0. The van der Waals surface area contributed by atoms with Crippen molar-refractivity contribution in [1.29, 1.82) is 0 Å². The smallest absolute Gasteiger partial charge is 0.241 e. The van der Waals surface area contributed by atoms with Gasteiger partial charge in [-0.3, -0.25) is 4.79 Å². The summed E-state index contributed by atoms with van der Waals surface area (Å²) in [6.45, 7) is 5.10. The zero-order chi connectivity index (χ0) is 13.1. The number of nitrogens with one attached hydrogen (secondary N) is 2. The van der Waals surface area contributed by atoms with E-state index in [9.17, 15) is 4.79 Å². The third-order valence-corrected chi connectivity index (χ3v) is 4.17. The topological polar surface area (TPSA) is 41.1 Å². The summed E-state index contributed by atoms with van der Waals surface area (Å²) in [4.78, 5) is 12.2. The molecule has 2 N–H and O–H groups in total. The van der Waals surface area contributed by atoms with Gasteiger partial charge >= 0.3 is 0 Å². The lowest BCUT2D eigenvalue weighted by molar-refractivity contribution is -0.119. The minimum Gasteiger partial charge on any atom is -0.324 e. The number of anilines is 1. The van der Waals surface area contributed by atoms with E-state index in [4.69, 9.17) is 0 Å². The highest BCUT2D eigenvalue weighted by Gasteiger charge is 2.27. The van der Waals surface area contributed by atoms with Gasteiger partial charge in [-0.15, -0.1) is 0 Å². The molecule has 1 aromatic rings. The molecular weight excluding hydrogens is 339 g/mol. The molecule has 18 heavy (non-hydrogen) atoms. The van der Waals surface area contributed by atoms with Crippen LogP contribution in [0.5, 0.6) is 0 Å². The molecular formula is C14H19IN2O. The number of hydrogen-bond acceptors (Lipinski definition) is 2. The van der Waals surface area contributed by atoms with E-state index in [0.29, 0.717) is 5.92 Å². The highest BCUT2D eigenvalue weighted by Crippen LogP contribution is 2.20. The van der Waals surface area contributed by atoms with Crippen molar-refractivity contribution < 1.29 is 4.79 Å². The first kappa shape index (κ1) is 13.8. The van der Waals surface area contributed by atoms with Crippen molar-refractivity contribution in [2.75, 3.05) is 11.9 Å². The monoisotopic (exact) mass is 358 g/mol. The lowest BCUT2D eigenvalue weighted by Crippen LogP contribution is -2.48. The minimum atomic E-state index is -0.0579. The Morgan fingerprint density at radius 1 is 1.50 bits per heavy atom. The average molecular weight is 358 g/mol. The van der Waals surface area contributed by atoms with Crippen LogP contribution in [0.3, 0.4) is 0 Å². The van der Waals surface area contributed by atoms with E-state index in [1.165, 1.54) is 3.57 Å². The molecule has 1 amide bonds. The standard InChI is InChI=1S/C14H19IN2O/c1-9-4-3-7-16-13(9)14(18)17-12-6-5-11(15)8-10(12)2/h5-6,8-9,13,16H,3-4,7H2,1-2H3,(H,17,18). The quantitative estimate of drug-likeness (QED) is 0.799. The van der Waals surface area contributed by atoms with Crippen molar-refractivity contribution >= 4 is 34.2 Å². The SMILES string of the molecule is Cc1cc(I)ccc1NC(=O)C1NCCCC1C. The Labute approximate surface area is 122 Å². The Morgan fingerprint density at radius 2 is 2.28 bits per heavy atom. The molecule has 2 atom stereocenters. The number of carbonyl (C=O) groups is 1. The maximum absolute atomic E-state index is 12.2. The van der Waals surface area contributed by atoms with Gasteiger partial charge in [-0.25, -0.2) is 0 Å².